The maximum absolute atomic E-state index is 12.6. The van der Waals surface area contributed by atoms with Crippen LogP contribution in [0.15, 0.2) is 41.7 Å². The average molecular weight is 429 g/mol. The maximum Gasteiger partial charge on any atom is 0.417 e. The first kappa shape index (κ1) is 20.1. The van der Waals surface area contributed by atoms with Gasteiger partial charge in [-0.1, -0.05) is 35.5 Å². The Morgan fingerprint density at radius 1 is 1.32 bits per heavy atom. The molecule has 0 atom stereocenters. The van der Waals surface area contributed by atoms with Crippen LogP contribution >= 0.6 is 23.4 Å². The molecular formula is C16H12ClF3N6OS. The number of hydrogen-bond acceptors (Lipinski definition) is 6. The van der Waals surface area contributed by atoms with Gasteiger partial charge in [-0.15, -0.1) is 5.10 Å². The van der Waals surface area contributed by atoms with E-state index in [0.29, 0.717) is 17.4 Å². The summed E-state index contributed by atoms with van der Waals surface area (Å²) in [5, 5.41) is 13.8. The van der Waals surface area contributed by atoms with E-state index < -0.39 is 17.6 Å². The Morgan fingerprint density at radius 2 is 2.11 bits per heavy atom. The summed E-state index contributed by atoms with van der Waals surface area (Å²) in [5.41, 5.74) is 0.757. The molecule has 0 aliphatic carbocycles. The van der Waals surface area contributed by atoms with Gasteiger partial charge in [0, 0.05) is 6.20 Å². The van der Waals surface area contributed by atoms with Crippen molar-refractivity contribution in [3.05, 3.63) is 52.7 Å². The minimum atomic E-state index is -4.57. The number of carbonyl (C=O) groups excluding carboxylic acids is 1. The van der Waals surface area contributed by atoms with Gasteiger partial charge < -0.3 is 5.32 Å². The quantitative estimate of drug-likeness (QED) is 0.623. The highest BCUT2D eigenvalue weighted by Crippen LogP contribution is 2.32. The number of pyridine rings is 1. The molecule has 0 saturated carbocycles. The van der Waals surface area contributed by atoms with Crippen LogP contribution in [0.25, 0.3) is 5.69 Å². The third-order valence-electron chi connectivity index (χ3n) is 3.45. The van der Waals surface area contributed by atoms with E-state index in [1.807, 2.05) is 31.2 Å². The third-order valence-corrected chi connectivity index (χ3v) is 4.65. The molecule has 0 unspecified atom stereocenters. The zero-order chi connectivity index (χ0) is 20.3. The fraction of sp³-hybridized carbons (Fsp3) is 0.188. The number of benzene rings is 1. The second-order valence-corrected chi connectivity index (χ2v) is 6.95. The molecule has 146 valence electrons. The van der Waals surface area contributed by atoms with Crippen molar-refractivity contribution in [3.63, 3.8) is 0 Å². The molecule has 1 amide bonds. The van der Waals surface area contributed by atoms with Gasteiger partial charge >= 0.3 is 6.18 Å². The number of rotatable bonds is 5. The first-order valence-corrected chi connectivity index (χ1v) is 9.11. The van der Waals surface area contributed by atoms with Gasteiger partial charge in [0.05, 0.1) is 22.0 Å². The number of halogens is 4. The summed E-state index contributed by atoms with van der Waals surface area (Å²) >= 11 is 6.84. The molecule has 0 aliphatic rings. The number of tetrazole rings is 1. The van der Waals surface area contributed by atoms with Crippen LogP contribution in [0.5, 0.6) is 0 Å². The van der Waals surface area contributed by atoms with Gasteiger partial charge in [-0.2, -0.15) is 17.9 Å². The lowest BCUT2D eigenvalue weighted by Crippen LogP contribution is -2.16. The number of nitrogens with one attached hydrogen (secondary N) is 1. The summed E-state index contributed by atoms with van der Waals surface area (Å²) < 4.78 is 39.4. The Kier molecular flexibility index (Phi) is 5.84. The monoisotopic (exact) mass is 428 g/mol. The van der Waals surface area contributed by atoms with Crippen LogP contribution in [-0.4, -0.2) is 36.9 Å². The smallest absolute Gasteiger partial charge is 0.309 e. The zero-order valence-electron chi connectivity index (χ0n) is 14.2. The second kappa shape index (κ2) is 8.15. The van der Waals surface area contributed by atoms with Crippen molar-refractivity contribution in [1.82, 2.24) is 25.2 Å². The molecule has 0 aliphatic heterocycles. The van der Waals surface area contributed by atoms with E-state index in [1.54, 1.807) is 0 Å². The lowest BCUT2D eigenvalue weighted by atomic mass is 10.2. The van der Waals surface area contributed by atoms with E-state index in [-0.39, 0.29) is 16.6 Å². The predicted molar refractivity (Wildman–Crippen MR) is 97.5 cm³/mol. The van der Waals surface area contributed by atoms with Crippen molar-refractivity contribution in [2.24, 2.45) is 0 Å². The van der Waals surface area contributed by atoms with Crippen molar-refractivity contribution in [2.75, 3.05) is 11.1 Å². The minimum Gasteiger partial charge on any atom is -0.309 e. The Labute approximate surface area is 166 Å². The summed E-state index contributed by atoms with van der Waals surface area (Å²) in [5.74, 6) is -0.762. The van der Waals surface area contributed by atoms with Crippen LogP contribution in [0.1, 0.15) is 11.1 Å². The molecule has 0 radical (unpaired) electrons. The van der Waals surface area contributed by atoms with E-state index in [4.69, 9.17) is 11.6 Å². The molecule has 3 rings (SSSR count). The molecular weight excluding hydrogens is 417 g/mol. The number of alkyl halides is 3. The van der Waals surface area contributed by atoms with Crippen LogP contribution < -0.4 is 5.32 Å². The third kappa shape index (κ3) is 4.78. The Bertz CT molecular complexity index is 1010. The summed E-state index contributed by atoms with van der Waals surface area (Å²) in [6, 6.07) is 8.18. The number of nitrogens with zero attached hydrogens (tertiary/aromatic N) is 5. The minimum absolute atomic E-state index is 0.0920. The number of amides is 1. The molecule has 2 heterocycles. The molecule has 28 heavy (non-hydrogen) atoms. The maximum atomic E-state index is 12.6. The van der Waals surface area contributed by atoms with E-state index >= 15 is 0 Å². The highest BCUT2D eigenvalue weighted by atomic mass is 35.5. The molecule has 3 aromatic rings. The van der Waals surface area contributed by atoms with Gasteiger partial charge in [0.1, 0.15) is 0 Å². The van der Waals surface area contributed by atoms with E-state index in [1.165, 1.54) is 4.68 Å². The average Bonchev–Trinajstić information content (AvgIpc) is 3.09. The number of aryl methyl sites for hydroxylation is 1. The van der Waals surface area contributed by atoms with Gasteiger partial charge in [-0.05, 0) is 41.1 Å². The summed E-state index contributed by atoms with van der Waals surface area (Å²) in [7, 11) is 0. The molecule has 0 bridgehead atoms. The van der Waals surface area contributed by atoms with Crippen molar-refractivity contribution < 1.29 is 18.0 Å². The molecule has 2 aromatic heterocycles. The first-order valence-electron chi connectivity index (χ1n) is 7.75. The van der Waals surface area contributed by atoms with Gasteiger partial charge in [0.25, 0.3) is 0 Å². The molecule has 0 fully saturated rings. The lowest BCUT2D eigenvalue weighted by Gasteiger charge is -2.10. The molecule has 1 aromatic carbocycles. The normalized spacial score (nSPS) is 11.5. The Balaban J connectivity index is 1.65. The van der Waals surface area contributed by atoms with E-state index in [0.717, 1.165) is 23.0 Å². The van der Waals surface area contributed by atoms with Crippen LogP contribution in [-0.2, 0) is 11.0 Å². The van der Waals surface area contributed by atoms with Crippen molar-refractivity contribution in [2.45, 2.75) is 18.3 Å². The van der Waals surface area contributed by atoms with Crippen LogP contribution in [0.4, 0.5) is 19.0 Å². The molecule has 1 N–H and O–H groups in total. The van der Waals surface area contributed by atoms with Crippen molar-refractivity contribution >= 4 is 35.1 Å². The number of carbonyl (C=O) groups is 1. The van der Waals surface area contributed by atoms with Gasteiger partial charge in [0.2, 0.25) is 11.1 Å². The fourth-order valence-electron chi connectivity index (χ4n) is 2.17. The number of hydrogen-bond donors (Lipinski definition) is 1. The zero-order valence-corrected chi connectivity index (χ0v) is 15.8. The summed E-state index contributed by atoms with van der Waals surface area (Å²) in [4.78, 5) is 15.7. The summed E-state index contributed by atoms with van der Waals surface area (Å²) in [6.45, 7) is 1.93. The predicted octanol–water partition coefficient (Wildman–Crippen LogP) is 3.77. The number of anilines is 1. The van der Waals surface area contributed by atoms with E-state index in [2.05, 4.69) is 25.8 Å². The molecule has 0 spiro atoms. The second-order valence-electron chi connectivity index (χ2n) is 5.60. The topological polar surface area (TPSA) is 85.6 Å². The SMILES string of the molecule is Cc1cccc(-n2nnnc2SCC(=O)Nc2ncc(C(F)(F)F)cc2Cl)c1. The van der Waals surface area contributed by atoms with Gasteiger partial charge in [-0.3, -0.25) is 4.79 Å². The highest BCUT2D eigenvalue weighted by molar-refractivity contribution is 7.99. The lowest BCUT2D eigenvalue weighted by molar-refractivity contribution is -0.137. The van der Waals surface area contributed by atoms with Gasteiger partial charge in [0.15, 0.2) is 5.82 Å². The molecule has 12 heteroatoms. The standard InChI is InChI=1S/C16H12ClF3N6OS/c1-9-3-2-4-11(5-9)26-15(23-24-25-26)28-8-13(27)22-14-12(17)6-10(7-21-14)16(18,19)20/h2-7H,8H2,1H3,(H,21,22,27). The Morgan fingerprint density at radius 3 is 2.79 bits per heavy atom. The van der Waals surface area contributed by atoms with Crippen molar-refractivity contribution in [1.29, 1.82) is 0 Å². The highest BCUT2D eigenvalue weighted by Gasteiger charge is 2.31. The van der Waals surface area contributed by atoms with Crippen LogP contribution in [0.2, 0.25) is 5.02 Å². The summed E-state index contributed by atoms with van der Waals surface area (Å²) in [6.07, 6.45) is -3.96. The van der Waals surface area contributed by atoms with E-state index in [9.17, 15) is 18.0 Å². The number of aromatic nitrogens is 5. The molecule has 7 nitrogen and oxygen atoms in total. The van der Waals surface area contributed by atoms with Gasteiger partial charge in [-0.25, -0.2) is 4.98 Å². The largest absolute Gasteiger partial charge is 0.417 e. The first-order chi connectivity index (χ1) is 13.2. The van der Waals surface area contributed by atoms with Crippen LogP contribution in [0, 0.1) is 6.92 Å². The van der Waals surface area contributed by atoms with Crippen molar-refractivity contribution in [3.8, 4) is 5.69 Å². The number of thioether (sulfide) groups is 1. The van der Waals surface area contributed by atoms with Crippen LogP contribution in [0.3, 0.4) is 0 Å². The molecule has 0 saturated heterocycles. The fourth-order valence-corrected chi connectivity index (χ4v) is 3.08. The Hall–Kier alpha value is -2.66.